The Bertz CT molecular complexity index is 834. The highest BCUT2D eigenvalue weighted by Gasteiger charge is 2.31. The van der Waals surface area contributed by atoms with E-state index in [9.17, 15) is 22.8 Å². The highest BCUT2D eigenvalue weighted by molar-refractivity contribution is 7.11. The van der Waals surface area contributed by atoms with Crippen LogP contribution in [0.4, 0.5) is 18.9 Å². The molecule has 1 heterocycles. The summed E-state index contributed by atoms with van der Waals surface area (Å²) in [6, 6.07) is 4.25. The maximum absolute atomic E-state index is 12.7. The fraction of sp³-hybridized carbons (Fsp3) is 0.133. The maximum atomic E-state index is 12.7. The molecular formula is C15H11ClF3N3O2S. The number of benzene rings is 1. The number of rotatable bonds is 3. The van der Waals surface area contributed by atoms with E-state index in [0.717, 1.165) is 22.6 Å². The predicted octanol–water partition coefficient (Wildman–Crippen LogP) is 3.82. The van der Waals surface area contributed by atoms with Crippen LogP contribution in [0.2, 0.25) is 5.02 Å². The Kier molecular flexibility index (Phi) is 5.81. The van der Waals surface area contributed by atoms with E-state index in [1.165, 1.54) is 17.6 Å². The molecule has 1 aromatic heterocycles. The molecule has 0 radical (unpaired) electrons. The molecule has 10 heteroatoms. The van der Waals surface area contributed by atoms with E-state index in [4.69, 9.17) is 11.6 Å². The summed E-state index contributed by atoms with van der Waals surface area (Å²) in [6.45, 7) is 1.85. The van der Waals surface area contributed by atoms with Crippen molar-refractivity contribution >= 4 is 46.7 Å². The van der Waals surface area contributed by atoms with Gasteiger partial charge >= 0.3 is 18.0 Å². The van der Waals surface area contributed by atoms with Crippen molar-refractivity contribution in [3.05, 3.63) is 50.7 Å². The molecule has 132 valence electrons. The lowest BCUT2D eigenvalue weighted by molar-refractivity contribution is -0.137. The molecule has 2 N–H and O–H groups in total. The topological polar surface area (TPSA) is 70.6 Å². The molecule has 0 saturated heterocycles. The molecule has 0 atom stereocenters. The fourth-order valence-corrected chi connectivity index (χ4v) is 2.64. The van der Waals surface area contributed by atoms with Crippen LogP contribution in [0.3, 0.4) is 0 Å². The number of carbonyl (C=O) groups is 2. The van der Waals surface area contributed by atoms with E-state index in [0.29, 0.717) is 6.07 Å². The summed E-state index contributed by atoms with van der Waals surface area (Å²) in [4.78, 5) is 24.2. The maximum Gasteiger partial charge on any atom is 0.416 e. The lowest BCUT2D eigenvalue weighted by atomic mass is 10.2. The van der Waals surface area contributed by atoms with Gasteiger partial charge in [-0.05, 0) is 42.1 Å². The number of thiophene rings is 1. The Morgan fingerprint density at radius 1 is 1.24 bits per heavy atom. The molecule has 0 bridgehead atoms. The van der Waals surface area contributed by atoms with Crippen molar-refractivity contribution in [2.24, 2.45) is 5.10 Å². The van der Waals surface area contributed by atoms with Crippen molar-refractivity contribution in [2.75, 3.05) is 5.32 Å². The van der Waals surface area contributed by atoms with Crippen LogP contribution in [-0.2, 0) is 15.8 Å². The van der Waals surface area contributed by atoms with Gasteiger partial charge in [0, 0.05) is 4.88 Å². The lowest BCUT2D eigenvalue weighted by Crippen LogP contribution is -2.32. The molecule has 5 nitrogen and oxygen atoms in total. The molecule has 0 unspecified atom stereocenters. The minimum atomic E-state index is -4.60. The summed E-state index contributed by atoms with van der Waals surface area (Å²) in [5.74, 6) is -2.33. The number of hydrogen-bond donors (Lipinski definition) is 2. The Labute approximate surface area is 149 Å². The van der Waals surface area contributed by atoms with Gasteiger partial charge in [-0.3, -0.25) is 9.59 Å². The van der Waals surface area contributed by atoms with Crippen LogP contribution in [-0.4, -0.2) is 18.0 Å². The number of hydrogen-bond acceptors (Lipinski definition) is 4. The van der Waals surface area contributed by atoms with Crippen LogP contribution in [0.25, 0.3) is 0 Å². The molecule has 0 spiro atoms. The zero-order valence-corrected chi connectivity index (χ0v) is 14.2. The van der Waals surface area contributed by atoms with Crippen LogP contribution in [0.5, 0.6) is 0 Å². The van der Waals surface area contributed by atoms with Crippen molar-refractivity contribution in [2.45, 2.75) is 13.1 Å². The summed E-state index contributed by atoms with van der Waals surface area (Å²) in [5.41, 5.74) is 1.61. The fourth-order valence-electron chi connectivity index (χ4n) is 1.69. The first-order chi connectivity index (χ1) is 11.7. The van der Waals surface area contributed by atoms with Crippen molar-refractivity contribution in [3.63, 3.8) is 0 Å². The number of alkyl halides is 3. The molecule has 2 amide bonds. The third-order valence-corrected chi connectivity index (χ3v) is 4.28. The first kappa shape index (κ1) is 18.9. The highest BCUT2D eigenvalue weighted by atomic mass is 35.5. The summed E-state index contributed by atoms with van der Waals surface area (Å²) >= 11 is 7.14. The van der Waals surface area contributed by atoms with E-state index in [1.54, 1.807) is 0 Å². The number of carbonyl (C=O) groups excluding carboxylic acids is 2. The van der Waals surface area contributed by atoms with Crippen LogP contribution in [0.15, 0.2) is 34.7 Å². The zero-order valence-electron chi connectivity index (χ0n) is 12.6. The van der Waals surface area contributed by atoms with Gasteiger partial charge in [-0.1, -0.05) is 11.6 Å². The van der Waals surface area contributed by atoms with Crippen LogP contribution in [0.1, 0.15) is 16.0 Å². The van der Waals surface area contributed by atoms with E-state index >= 15 is 0 Å². The Morgan fingerprint density at radius 3 is 2.56 bits per heavy atom. The van der Waals surface area contributed by atoms with Gasteiger partial charge in [0.05, 0.1) is 22.5 Å². The largest absolute Gasteiger partial charge is 0.416 e. The van der Waals surface area contributed by atoms with Crippen molar-refractivity contribution in [1.82, 2.24) is 5.43 Å². The third kappa shape index (κ3) is 5.04. The number of nitrogens with one attached hydrogen (secondary N) is 2. The van der Waals surface area contributed by atoms with Gasteiger partial charge in [-0.25, -0.2) is 5.43 Å². The van der Waals surface area contributed by atoms with Gasteiger partial charge in [0.15, 0.2) is 0 Å². The Balaban J connectivity index is 2.03. The predicted molar refractivity (Wildman–Crippen MR) is 89.9 cm³/mol. The van der Waals surface area contributed by atoms with Gasteiger partial charge in [-0.2, -0.15) is 18.3 Å². The van der Waals surface area contributed by atoms with Crippen molar-refractivity contribution < 1.29 is 22.8 Å². The normalized spacial score (nSPS) is 11.6. The SMILES string of the molecule is Cc1ccsc1C=NNC(=O)C(=O)Nc1cc(C(F)(F)F)ccc1Cl. The second-order valence-electron chi connectivity index (χ2n) is 4.81. The zero-order chi connectivity index (χ0) is 18.6. The third-order valence-electron chi connectivity index (χ3n) is 3.00. The monoisotopic (exact) mass is 389 g/mol. The van der Waals surface area contributed by atoms with E-state index in [-0.39, 0.29) is 10.7 Å². The first-order valence-electron chi connectivity index (χ1n) is 6.73. The second kappa shape index (κ2) is 7.66. The molecule has 2 aromatic rings. The Hall–Kier alpha value is -2.39. The summed E-state index contributed by atoms with van der Waals surface area (Å²) in [5, 5.41) is 7.35. The minimum absolute atomic E-state index is 0.133. The van der Waals surface area contributed by atoms with Gasteiger partial charge in [0.1, 0.15) is 0 Å². The van der Waals surface area contributed by atoms with E-state index in [1.807, 2.05) is 29.1 Å². The summed E-state index contributed by atoms with van der Waals surface area (Å²) in [7, 11) is 0. The average molecular weight is 390 g/mol. The lowest BCUT2D eigenvalue weighted by Gasteiger charge is -2.11. The molecule has 0 fully saturated rings. The van der Waals surface area contributed by atoms with E-state index < -0.39 is 23.6 Å². The number of hydrazone groups is 1. The number of anilines is 1. The standard InChI is InChI=1S/C15H11ClF3N3O2S/c1-8-4-5-25-12(8)7-20-22-14(24)13(23)21-11-6-9(15(17,18)19)2-3-10(11)16/h2-7H,1H3,(H,21,23)(H,22,24). The van der Waals surface area contributed by atoms with Gasteiger partial charge in [0.25, 0.3) is 0 Å². The van der Waals surface area contributed by atoms with Crippen LogP contribution >= 0.6 is 22.9 Å². The quantitative estimate of drug-likeness (QED) is 0.476. The number of aryl methyl sites for hydroxylation is 1. The Morgan fingerprint density at radius 2 is 1.96 bits per heavy atom. The summed E-state index contributed by atoms with van der Waals surface area (Å²) in [6.07, 6.45) is -3.24. The first-order valence-corrected chi connectivity index (χ1v) is 7.99. The molecule has 0 aliphatic heterocycles. The molecule has 0 saturated carbocycles. The minimum Gasteiger partial charge on any atom is -0.316 e. The van der Waals surface area contributed by atoms with Gasteiger partial charge in [-0.15, -0.1) is 11.3 Å². The van der Waals surface area contributed by atoms with Crippen molar-refractivity contribution in [1.29, 1.82) is 0 Å². The van der Waals surface area contributed by atoms with Gasteiger partial charge < -0.3 is 5.32 Å². The molecular weight excluding hydrogens is 379 g/mol. The van der Waals surface area contributed by atoms with Crippen molar-refractivity contribution in [3.8, 4) is 0 Å². The molecule has 1 aromatic carbocycles. The smallest absolute Gasteiger partial charge is 0.316 e. The number of halogens is 4. The van der Waals surface area contributed by atoms with Crippen LogP contribution < -0.4 is 10.7 Å². The highest BCUT2D eigenvalue weighted by Crippen LogP contribution is 2.33. The second-order valence-corrected chi connectivity index (χ2v) is 6.17. The number of amides is 2. The van der Waals surface area contributed by atoms with Gasteiger partial charge in [0.2, 0.25) is 0 Å². The molecule has 0 aliphatic rings. The molecule has 2 rings (SSSR count). The van der Waals surface area contributed by atoms with E-state index in [2.05, 4.69) is 5.10 Å². The number of nitrogens with zero attached hydrogens (tertiary/aromatic N) is 1. The molecule has 0 aliphatic carbocycles. The molecule has 25 heavy (non-hydrogen) atoms. The summed E-state index contributed by atoms with van der Waals surface area (Å²) < 4.78 is 38.0. The average Bonchev–Trinajstić information content (AvgIpc) is 2.93. The van der Waals surface area contributed by atoms with Crippen LogP contribution in [0, 0.1) is 6.92 Å².